The van der Waals surface area contributed by atoms with E-state index in [1.54, 1.807) is 6.20 Å². The van der Waals surface area contributed by atoms with Crippen molar-refractivity contribution in [2.24, 2.45) is 0 Å². The smallest absolute Gasteiger partial charge is 0.172 e. The molecule has 2 heterocycles. The molecule has 2 aromatic rings. The lowest BCUT2D eigenvalue weighted by atomic mass is 10.0. The highest BCUT2D eigenvalue weighted by molar-refractivity contribution is 5.79. The van der Waals surface area contributed by atoms with Crippen molar-refractivity contribution >= 4 is 12.1 Å². The molecule has 0 radical (unpaired) electrons. The number of rotatable bonds is 3. The van der Waals surface area contributed by atoms with Gasteiger partial charge in [-0.25, -0.2) is 9.97 Å². The van der Waals surface area contributed by atoms with E-state index in [1.165, 1.54) is 18.4 Å². The number of carbonyl (C=O) groups is 1. The fourth-order valence-electron chi connectivity index (χ4n) is 2.49. The summed E-state index contributed by atoms with van der Waals surface area (Å²) in [6.45, 7) is 1.08. The zero-order valence-electron chi connectivity index (χ0n) is 11.0. The molecule has 20 heavy (non-hydrogen) atoms. The van der Waals surface area contributed by atoms with Gasteiger partial charge in [-0.15, -0.1) is 0 Å². The highest BCUT2D eigenvalue weighted by atomic mass is 16.1. The third-order valence-electron chi connectivity index (χ3n) is 3.61. The molecule has 1 aromatic carbocycles. The van der Waals surface area contributed by atoms with Crippen molar-refractivity contribution in [2.45, 2.75) is 18.9 Å². The van der Waals surface area contributed by atoms with Gasteiger partial charge in [-0.1, -0.05) is 24.3 Å². The lowest BCUT2D eigenvalue weighted by Crippen LogP contribution is -2.12. The van der Waals surface area contributed by atoms with Gasteiger partial charge in [0.2, 0.25) is 0 Å². The molecular weight excluding hydrogens is 252 g/mol. The molecule has 3 N–H and O–H groups in total. The molecular formula is C15H16N4O. The van der Waals surface area contributed by atoms with Crippen LogP contribution in [0, 0.1) is 0 Å². The van der Waals surface area contributed by atoms with E-state index in [-0.39, 0.29) is 11.5 Å². The topological polar surface area (TPSA) is 80.9 Å². The first kappa shape index (κ1) is 12.7. The normalized spacial score (nSPS) is 18.1. The van der Waals surface area contributed by atoms with Gasteiger partial charge >= 0.3 is 0 Å². The maximum atomic E-state index is 10.8. The van der Waals surface area contributed by atoms with Gasteiger partial charge in [-0.2, -0.15) is 0 Å². The minimum absolute atomic E-state index is 0.163. The lowest BCUT2D eigenvalue weighted by molar-refractivity contribution is 0.111. The van der Waals surface area contributed by atoms with E-state index in [9.17, 15) is 4.79 Å². The summed E-state index contributed by atoms with van der Waals surface area (Å²) in [7, 11) is 0. The molecule has 1 aromatic heterocycles. The van der Waals surface area contributed by atoms with E-state index < -0.39 is 0 Å². The minimum atomic E-state index is 0.163. The molecule has 1 saturated heterocycles. The van der Waals surface area contributed by atoms with Crippen molar-refractivity contribution in [3.63, 3.8) is 0 Å². The molecule has 5 nitrogen and oxygen atoms in total. The number of hydrogen-bond donors (Lipinski definition) is 2. The van der Waals surface area contributed by atoms with Crippen LogP contribution in [0.25, 0.3) is 11.3 Å². The van der Waals surface area contributed by atoms with Crippen LogP contribution < -0.4 is 11.1 Å². The molecule has 0 saturated carbocycles. The lowest BCUT2D eigenvalue weighted by Gasteiger charge is -2.11. The van der Waals surface area contributed by atoms with Crippen LogP contribution in [0.15, 0.2) is 30.5 Å². The minimum Gasteiger partial charge on any atom is -0.382 e. The third kappa shape index (κ3) is 2.40. The SMILES string of the molecule is Nc1ncc(-c2ccc(C3CCCN3)cc2)nc1C=O. The van der Waals surface area contributed by atoms with Gasteiger partial charge in [0, 0.05) is 11.6 Å². The van der Waals surface area contributed by atoms with Crippen LogP contribution in [0.2, 0.25) is 0 Å². The van der Waals surface area contributed by atoms with Crippen molar-refractivity contribution < 1.29 is 4.79 Å². The zero-order valence-corrected chi connectivity index (χ0v) is 11.0. The molecule has 0 amide bonds. The molecule has 102 valence electrons. The van der Waals surface area contributed by atoms with Gasteiger partial charge in [0.25, 0.3) is 0 Å². The Morgan fingerprint density at radius 2 is 2.10 bits per heavy atom. The molecule has 0 bridgehead atoms. The van der Waals surface area contributed by atoms with E-state index in [4.69, 9.17) is 5.73 Å². The molecule has 0 spiro atoms. The van der Waals surface area contributed by atoms with Crippen LogP contribution in [-0.4, -0.2) is 22.8 Å². The molecule has 1 fully saturated rings. The van der Waals surface area contributed by atoms with Crippen LogP contribution in [0.3, 0.4) is 0 Å². The number of nitrogens with one attached hydrogen (secondary N) is 1. The van der Waals surface area contributed by atoms with Crippen LogP contribution in [0.5, 0.6) is 0 Å². The summed E-state index contributed by atoms with van der Waals surface area (Å²) < 4.78 is 0. The second-order valence-corrected chi connectivity index (χ2v) is 4.91. The van der Waals surface area contributed by atoms with Crippen molar-refractivity contribution in [3.8, 4) is 11.3 Å². The van der Waals surface area contributed by atoms with Crippen LogP contribution in [0.1, 0.15) is 34.9 Å². The summed E-state index contributed by atoms with van der Waals surface area (Å²) >= 11 is 0. The summed E-state index contributed by atoms with van der Waals surface area (Å²) in [4.78, 5) is 19.1. The summed E-state index contributed by atoms with van der Waals surface area (Å²) in [6.07, 6.45) is 4.61. The molecule has 5 heteroatoms. The Bertz CT molecular complexity index is 618. The number of carbonyl (C=O) groups excluding carboxylic acids is 1. The van der Waals surface area contributed by atoms with Crippen LogP contribution in [-0.2, 0) is 0 Å². The van der Waals surface area contributed by atoms with E-state index >= 15 is 0 Å². The Labute approximate surface area is 117 Å². The van der Waals surface area contributed by atoms with E-state index in [0.29, 0.717) is 18.0 Å². The largest absolute Gasteiger partial charge is 0.382 e. The van der Waals surface area contributed by atoms with Gasteiger partial charge < -0.3 is 11.1 Å². The summed E-state index contributed by atoms with van der Waals surface area (Å²) in [5, 5.41) is 3.47. The Morgan fingerprint density at radius 3 is 2.75 bits per heavy atom. The number of nitrogen functional groups attached to an aromatic ring is 1. The Hall–Kier alpha value is -2.27. The Kier molecular flexibility index (Phi) is 3.43. The van der Waals surface area contributed by atoms with Crippen molar-refractivity contribution in [2.75, 3.05) is 12.3 Å². The van der Waals surface area contributed by atoms with Gasteiger partial charge in [0.15, 0.2) is 12.1 Å². The molecule has 3 rings (SSSR count). The fourth-order valence-corrected chi connectivity index (χ4v) is 2.49. The predicted octanol–water partition coefficient (Wildman–Crippen LogP) is 1.96. The fraction of sp³-hybridized carbons (Fsp3) is 0.267. The Morgan fingerprint density at radius 1 is 1.30 bits per heavy atom. The van der Waals surface area contributed by atoms with Crippen molar-refractivity contribution in [3.05, 3.63) is 41.7 Å². The molecule has 1 aliphatic heterocycles. The van der Waals surface area contributed by atoms with Crippen LogP contribution >= 0.6 is 0 Å². The highest BCUT2D eigenvalue weighted by Gasteiger charge is 2.16. The van der Waals surface area contributed by atoms with Gasteiger partial charge in [0.1, 0.15) is 5.69 Å². The number of hydrogen-bond acceptors (Lipinski definition) is 5. The first-order chi connectivity index (χ1) is 9.78. The number of nitrogens with zero attached hydrogens (tertiary/aromatic N) is 2. The Balaban J connectivity index is 1.88. The summed E-state index contributed by atoms with van der Waals surface area (Å²) in [5.74, 6) is 0.163. The van der Waals surface area contributed by atoms with Crippen molar-refractivity contribution in [1.82, 2.24) is 15.3 Å². The maximum absolute atomic E-state index is 10.8. The van der Waals surface area contributed by atoms with E-state index in [2.05, 4.69) is 27.4 Å². The van der Waals surface area contributed by atoms with E-state index in [0.717, 1.165) is 12.1 Å². The van der Waals surface area contributed by atoms with Crippen LogP contribution in [0.4, 0.5) is 5.82 Å². The monoisotopic (exact) mass is 268 g/mol. The highest BCUT2D eigenvalue weighted by Crippen LogP contribution is 2.25. The van der Waals surface area contributed by atoms with Gasteiger partial charge in [0.05, 0.1) is 11.9 Å². The quantitative estimate of drug-likeness (QED) is 0.832. The first-order valence-corrected chi connectivity index (χ1v) is 6.69. The number of aromatic nitrogens is 2. The maximum Gasteiger partial charge on any atom is 0.172 e. The van der Waals surface area contributed by atoms with Gasteiger partial charge in [-0.05, 0) is 24.9 Å². The number of aldehydes is 1. The predicted molar refractivity (Wildman–Crippen MR) is 77.2 cm³/mol. The molecule has 1 unspecified atom stereocenters. The first-order valence-electron chi connectivity index (χ1n) is 6.69. The average molecular weight is 268 g/mol. The standard InChI is InChI=1S/C15H16N4O/c16-15-14(9-20)19-13(8-18-15)11-5-3-10(4-6-11)12-2-1-7-17-12/h3-6,8-9,12,17H,1-2,7H2,(H2,16,18). The molecule has 1 aliphatic rings. The number of benzene rings is 1. The van der Waals surface area contributed by atoms with E-state index in [1.807, 2.05) is 12.1 Å². The summed E-state index contributed by atoms with van der Waals surface area (Å²) in [6, 6.07) is 8.65. The zero-order chi connectivity index (χ0) is 13.9. The van der Waals surface area contributed by atoms with Crippen molar-refractivity contribution in [1.29, 1.82) is 0 Å². The third-order valence-corrected chi connectivity index (χ3v) is 3.61. The molecule has 0 aliphatic carbocycles. The number of anilines is 1. The van der Waals surface area contributed by atoms with Gasteiger partial charge in [-0.3, -0.25) is 4.79 Å². The number of nitrogens with two attached hydrogens (primary N) is 1. The second-order valence-electron chi connectivity index (χ2n) is 4.91. The average Bonchev–Trinajstić information content (AvgIpc) is 3.02. The summed E-state index contributed by atoms with van der Waals surface area (Å²) in [5.41, 5.74) is 8.63. The second kappa shape index (κ2) is 5.38. The molecule has 1 atom stereocenters.